The molecule has 0 spiro atoms. The van der Waals surface area contributed by atoms with E-state index in [0.717, 1.165) is 10.2 Å². The second-order valence-electron chi connectivity index (χ2n) is 6.57. The van der Waals surface area contributed by atoms with Gasteiger partial charge in [-0.1, -0.05) is 0 Å². The van der Waals surface area contributed by atoms with Crippen molar-refractivity contribution in [3.63, 3.8) is 0 Å². The molecule has 0 unspecified atom stereocenters. The Kier molecular flexibility index (Phi) is 5.48. The van der Waals surface area contributed by atoms with Crippen LogP contribution in [-0.4, -0.2) is 13.6 Å². The van der Waals surface area contributed by atoms with Gasteiger partial charge in [0.25, 0.3) is 0 Å². The Hall–Kier alpha value is -2.27. The van der Waals surface area contributed by atoms with Crippen LogP contribution >= 0.6 is 11.6 Å². The molecule has 2 heteroatoms. The van der Waals surface area contributed by atoms with Gasteiger partial charge in [0.1, 0.15) is 0 Å². The molecular formula is C25H21AsCl. The summed E-state index contributed by atoms with van der Waals surface area (Å²) in [5.74, 6) is 0. The van der Waals surface area contributed by atoms with Crippen molar-refractivity contribution in [3.05, 3.63) is 126 Å². The predicted octanol–water partition coefficient (Wildman–Crippen LogP) is 4.59. The molecule has 0 aliphatic carbocycles. The molecule has 0 heterocycles. The third-order valence-electron chi connectivity index (χ3n) is 4.96. The van der Waals surface area contributed by atoms with Crippen molar-refractivity contribution in [2.45, 2.75) is 5.21 Å². The Labute approximate surface area is 168 Å². The Morgan fingerprint density at radius 1 is 0.481 bits per heavy atom. The SMILES string of the molecule is Clc1ccccc1C[As](c1ccccc1)(c1ccccc1)c1ccccc1. The quantitative estimate of drug-likeness (QED) is 0.405. The summed E-state index contributed by atoms with van der Waals surface area (Å²) in [4.78, 5) is 0. The molecule has 0 bridgehead atoms. The van der Waals surface area contributed by atoms with E-state index < -0.39 is 13.6 Å². The topological polar surface area (TPSA) is 0 Å². The monoisotopic (exact) mass is 431 g/mol. The fraction of sp³-hybridized carbons (Fsp3) is 0.0400. The van der Waals surface area contributed by atoms with E-state index in [9.17, 15) is 0 Å². The third-order valence-corrected chi connectivity index (χ3v) is 14.5. The van der Waals surface area contributed by atoms with Gasteiger partial charge in [0.2, 0.25) is 0 Å². The van der Waals surface area contributed by atoms with Gasteiger partial charge in [0.05, 0.1) is 0 Å². The first-order valence-corrected chi connectivity index (χ1v) is 13.6. The van der Waals surface area contributed by atoms with Crippen LogP contribution in [0.1, 0.15) is 5.56 Å². The van der Waals surface area contributed by atoms with Crippen LogP contribution in [0.15, 0.2) is 115 Å². The first-order valence-electron chi connectivity index (χ1n) is 9.09. The van der Waals surface area contributed by atoms with Crippen LogP contribution in [0.25, 0.3) is 0 Å². The number of hydrogen-bond acceptors (Lipinski definition) is 0. The Bertz CT molecular complexity index is 901. The minimum atomic E-state index is -2.75. The predicted molar refractivity (Wildman–Crippen MR) is 119 cm³/mol. The average molecular weight is 432 g/mol. The van der Waals surface area contributed by atoms with Gasteiger partial charge in [0.15, 0.2) is 0 Å². The van der Waals surface area contributed by atoms with E-state index in [4.69, 9.17) is 11.6 Å². The zero-order valence-electron chi connectivity index (χ0n) is 15.0. The Morgan fingerprint density at radius 3 is 1.26 bits per heavy atom. The average Bonchev–Trinajstić information content (AvgIpc) is 2.75. The van der Waals surface area contributed by atoms with Crippen LogP contribution < -0.4 is 13.1 Å². The molecule has 0 amide bonds. The fourth-order valence-electron chi connectivity index (χ4n) is 3.65. The molecule has 0 aromatic heterocycles. The van der Waals surface area contributed by atoms with Crippen molar-refractivity contribution in [1.82, 2.24) is 0 Å². The van der Waals surface area contributed by atoms with Crippen LogP contribution in [0, 0.1) is 0 Å². The summed E-state index contributed by atoms with van der Waals surface area (Å²) in [6.07, 6.45) is 0. The summed E-state index contributed by atoms with van der Waals surface area (Å²) in [7, 11) is 0. The van der Waals surface area contributed by atoms with Crippen molar-refractivity contribution in [1.29, 1.82) is 0 Å². The van der Waals surface area contributed by atoms with E-state index >= 15 is 0 Å². The van der Waals surface area contributed by atoms with Crippen molar-refractivity contribution < 1.29 is 0 Å². The van der Waals surface area contributed by atoms with E-state index in [0.29, 0.717) is 0 Å². The maximum absolute atomic E-state index is 6.62. The van der Waals surface area contributed by atoms with Crippen molar-refractivity contribution in [2.24, 2.45) is 0 Å². The van der Waals surface area contributed by atoms with Crippen LogP contribution in [0.5, 0.6) is 0 Å². The molecule has 4 aromatic carbocycles. The number of benzene rings is 4. The Morgan fingerprint density at radius 2 is 0.852 bits per heavy atom. The summed E-state index contributed by atoms with van der Waals surface area (Å²) in [5.41, 5.74) is 1.23. The Balaban J connectivity index is 2.02. The molecule has 0 saturated heterocycles. The molecule has 0 fully saturated rings. The van der Waals surface area contributed by atoms with Crippen molar-refractivity contribution in [3.8, 4) is 0 Å². The zero-order valence-corrected chi connectivity index (χ0v) is 17.6. The maximum atomic E-state index is 6.62. The molecule has 0 aliphatic heterocycles. The summed E-state index contributed by atoms with van der Waals surface area (Å²) >= 11 is 3.87. The van der Waals surface area contributed by atoms with Gasteiger partial charge in [-0.3, -0.25) is 0 Å². The molecule has 0 nitrogen and oxygen atoms in total. The van der Waals surface area contributed by atoms with Gasteiger partial charge in [-0.05, 0) is 0 Å². The molecule has 27 heavy (non-hydrogen) atoms. The van der Waals surface area contributed by atoms with Crippen LogP contribution in [0.3, 0.4) is 0 Å². The van der Waals surface area contributed by atoms with E-state index in [1.165, 1.54) is 18.6 Å². The standard InChI is InChI=1S/C25H21AsCl/c27-25-19-11-10-12-21(25)20-26(22-13-4-1-5-14-22,23-15-6-2-7-16-23)24-17-8-3-9-18-24/h1-19H,20H2. The molecule has 0 N–H and O–H groups in total. The first-order chi connectivity index (χ1) is 13.3. The zero-order chi connectivity index (χ0) is 18.5. The first kappa shape index (κ1) is 18.1. The molecule has 0 atom stereocenters. The van der Waals surface area contributed by atoms with Gasteiger partial charge in [-0.15, -0.1) is 0 Å². The van der Waals surface area contributed by atoms with E-state index in [1.807, 2.05) is 12.1 Å². The fourth-order valence-corrected chi connectivity index (χ4v) is 13.0. The van der Waals surface area contributed by atoms with Gasteiger partial charge in [0, 0.05) is 0 Å². The van der Waals surface area contributed by atoms with E-state index in [2.05, 4.69) is 103 Å². The molecule has 133 valence electrons. The molecule has 4 rings (SSSR count). The number of rotatable bonds is 5. The molecule has 4 aromatic rings. The summed E-state index contributed by atoms with van der Waals surface area (Å²) in [5, 5.41) is 1.82. The van der Waals surface area contributed by atoms with Crippen LogP contribution in [0.4, 0.5) is 0 Å². The number of halogens is 1. The number of hydrogen-bond donors (Lipinski definition) is 0. The van der Waals surface area contributed by atoms with Gasteiger partial charge in [-0.25, -0.2) is 0 Å². The second kappa shape index (κ2) is 8.17. The van der Waals surface area contributed by atoms with Gasteiger partial charge < -0.3 is 0 Å². The second-order valence-corrected chi connectivity index (χ2v) is 14.3. The van der Waals surface area contributed by atoms with Crippen LogP contribution in [0.2, 0.25) is 5.02 Å². The summed E-state index contributed by atoms with van der Waals surface area (Å²) in [6, 6.07) is 41.3. The van der Waals surface area contributed by atoms with E-state index in [1.54, 1.807) is 0 Å². The van der Waals surface area contributed by atoms with Crippen molar-refractivity contribution >= 4 is 38.2 Å². The van der Waals surface area contributed by atoms with E-state index in [-0.39, 0.29) is 0 Å². The molecule has 0 aliphatic rings. The van der Waals surface area contributed by atoms with Gasteiger partial charge in [-0.2, -0.15) is 0 Å². The minimum absolute atomic E-state index is 0.853. The van der Waals surface area contributed by atoms with Gasteiger partial charge >= 0.3 is 169 Å². The van der Waals surface area contributed by atoms with Crippen LogP contribution in [-0.2, 0) is 5.21 Å². The molecule has 1 radical (unpaired) electrons. The van der Waals surface area contributed by atoms with Crippen molar-refractivity contribution in [2.75, 3.05) is 0 Å². The molecular weight excluding hydrogens is 411 g/mol. The summed E-state index contributed by atoms with van der Waals surface area (Å²) in [6.45, 7) is 0. The third kappa shape index (κ3) is 3.61. The summed E-state index contributed by atoms with van der Waals surface area (Å²) < 4.78 is 4.31. The normalized spacial score (nSPS) is 11.3. The molecule has 0 saturated carbocycles.